The lowest BCUT2D eigenvalue weighted by atomic mass is 10.1. The van der Waals surface area contributed by atoms with Crippen LogP contribution in [0.5, 0.6) is 5.75 Å². The molecule has 7 nitrogen and oxygen atoms in total. The summed E-state index contributed by atoms with van der Waals surface area (Å²) in [6.45, 7) is -0.395. The Labute approximate surface area is 165 Å². The molecule has 1 aliphatic heterocycles. The molecule has 2 aromatic rings. The minimum absolute atomic E-state index is 0.222. The SMILES string of the molecule is COc1ccccc1NC(=O)CN1C(=O)S/C(=C/c2ccc(C#N)cc2)C1=O. The summed E-state index contributed by atoms with van der Waals surface area (Å²) >= 11 is 0.771. The molecule has 0 radical (unpaired) electrons. The fraction of sp³-hybridized carbons (Fsp3) is 0.100. The summed E-state index contributed by atoms with van der Waals surface area (Å²) in [7, 11) is 1.48. The average molecular weight is 393 g/mol. The first-order valence-electron chi connectivity index (χ1n) is 8.20. The standard InChI is InChI=1S/C20H15N3O4S/c1-27-16-5-3-2-4-15(16)22-18(24)12-23-19(25)17(28-20(23)26)10-13-6-8-14(11-21)9-7-13/h2-10H,12H2,1H3,(H,22,24)/b17-10+. The Morgan fingerprint density at radius 3 is 2.61 bits per heavy atom. The van der Waals surface area contributed by atoms with Crippen molar-refractivity contribution in [1.29, 1.82) is 5.26 Å². The molecule has 1 aliphatic rings. The van der Waals surface area contributed by atoms with Crippen LogP contribution in [0.2, 0.25) is 0 Å². The number of carbonyl (C=O) groups is 3. The molecule has 1 saturated heterocycles. The van der Waals surface area contributed by atoms with Gasteiger partial charge in [0.1, 0.15) is 12.3 Å². The zero-order chi connectivity index (χ0) is 20.1. The van der Waals surface area contributed by atoms with Crippen LogP contribution < -0.4 is 10.1 Å². The number of amides is 3. The van der Waals surface area contributed by atoms with Crippen molar-refractivity contribution in [3.8, 4) is 11.8 Å². The Morgan fingerprint density at radius 2 is 1.93 bits per heavy atom. The number of para-hydroxylation sites is 2. The minimum Gasteiger partial charge on any atom is -0.495 e. The van der Waals surface area contributed by atoms with Crippen molar-refractivity contribution in [3.63, 3.8) is 0 Å². The molecule has 0 unspecified atom stereocenters. The molecule has 28 heavy (non-hydrogen) atoms. The van der Waals surface area contributed by atoms with Gasteiger partial charge in [-0.1, -0.05) is 24.3 Å². The first-order chi connectivity index (χ1) is 13.5. The molecule has 0 saturated carbocycles. The molecule has 0 bridgehead atoms. The summed E-state index contributed by atoms with van der Waals surface area (Å²) < 4.78 is 5.16. The van der Waals surface area contributed by atoms with E-state index in [0.29, 0.717) is 22.6 Å². The number of nitriles is 1. The molecule has 1 N–H and O–H groups in total. The number of benzene rings is 2. The van der Waals surface area contributed by atoms with Gasteiger partial charge in [-0.3, -0.25) is 19.3 Å². The lowest BCUT2D eigenvalue weighted by Crippen LogP contribution is -2.36. The highest BCUT2D eigenvalue weighted by Gasteiger charge is 2.36. The molecule has 3 amide bonds. The number of thioether (sulfide) groups is 1. The average Bonchev–Trinajstić information content (AvgIpc) is 2.96. The second-order valence-electron chi connectivity index (χ2n) is 5.75. The van der Waals surface area contributed by atoms with Crippen LogP contribution in [0.15, 0.2) is 53.4 Å². The van der Waals surface area contributed by atoms with Crippen molar-refractivity contribution in [2.75, 3.05) is 19.0 Å². The topological polar surface area (TPSA) is 99.5 Å². The van der Waals surface area contributed by atoms with Gasteiger partial charge >= 0.3 is 0 Å². The maximum atomic E-state index is 12.5. The van der Waals surface area contributed by atoms with E-state index in [1.54, 1.807) is 54.6 Å². The van der Waals surface area contributed by atoms with Gasteiger partial charge in [0.2, 0.25) is 5.91 Å². The molecule has 0 aromatic heterocycles. The highest BCUT2D eigenvalue weighted by molar-refractivity contribution is 8.18. The van der Waals surface area contributed by atoms with Crippen molar-refractivity contribution < 1.29 is 19.1 Å². The fourth-order valence-corrected chi connectivity index (χ4v) is 3.36. The summed E-state index contributed by atoms with van der Waals surface area (Å²) in [5, 5.41) is 10.9. The normalized spacial score (nSPS) is 14.9. The van der Waals surface area contributed by atoms with Gasteiger partial charge in [-0.15, -0.1) is 0 Å². The van der Waals surface area contributed by atoms with Crippen LogP contribution >= 0.6 is 11.8 Å². The summed E-state index contributed by atoms with van der Waals surface area (Å²) in [6, 6.07) is 15.5. The summed E-state index contributed by atoms with van der Waals surface area (Å²) in [5.74, 6) is -0.563. The second kappa shape index (κ2) is 8.41. The van der Waals surface area contributed by atoms with Gasteiger partial charge in [-0.25, -0.2) is 0 Å². The maximum Gasteiger partial charge on any atom is 0.294 e. The van der Waals surface area contributed by atoms with E-state index >= 15 is 0 Å². The van der Waals surface area contributed by atoms with E-state index in [1.807, 2.05) is 6.07 Å². The third-order valence-electron chi connectivity index (χ3n) is 3.89. The van der Waals surface area contributed by atoms with E-state index in [2.05, 4.69) is 5.32 Å². The van der Waals surface area contributed by atoms with Gasteiger partial charge in [0.05, 0.1) is 29.3 Å². The Balaban J connectivity index is 1.70. The van der Waals surface area contributed by atoms with Gasteiger partial charge in [-0.05, 0) is 47.7 Å². The first kappa shape index (κ1) is 19.2. The second-order valence-corrected chi connectivity index (χ2v) is 6.74. The van der Waals surface area contributed by atoms with Crippen LogP contribution in [0.1, 0.15) is 11.1 Å². The lowest BCUT2D eigenvalue weighted by molar-refractivity contribution is -0.127. The maximum absolute atomic E-state index is 12.5. The molecule has 0 atom stereocenters. The van der Waals surface area contributed by atoms with E-state index in [4.69, 9.17) is 10.00 Å². The summed E-state index contributed by atoms with van der Waals surface area (Å²) in [5.41, 5.74) is 1.64. The Hall–Kier alpha value is -3.57. The Kier molecular flexibility index (Phi) is 5.77. The monoisotopic (exact) mass is 393 g/mol. The van der Waals surface area contributed by atoms with E-state index in [-0.39, 0.29) is 4.91 Å². The predicted molar refractivity (Wildman–Crippen MR) is 105 cm³/mol. The molecule has 2 aromatic carbocycles. The molecule has 8 heteroatoms. The number of anilines is 1. The van der Waals surface area contributed by atoms with Crippen LogP contribution in [-0.2, 0) is 9.59 Å². The fourth-order valence-electron chi connectivity index (χ4n) is 2.52. The zero-order valence-corrected chi connectivity index (χ0v) is 15.7. The highest BCUT2D eigenvalue weighted by atomic mass is 32.2. The van der Waals surface area contributed by atoms with E-state index < -0.39 is 23.6 Å². The number of hydrogen-bond donors (Lipinski definition) is 1. The van der Waals surface area contributed by atoms with Crippen LogP contribution in [0.25, 0.3) is 6.08 Å². The van der Waals surface area contributed by atoms with E-state index in [1.165, 1.54) is 7.11 Å². The number of imide groups is 1. The molecule has 1 heterocycles. The van der Waals surface area contributed by atoms with Gasteiger partial charge in [0.25, 0.3) is 11.1 Å². The minimum atomic E-state index is -0.533. The number of hydrogen-bond acceptors (Lipinski definition) is 6. The quantitative estimate of drug-likeness (QED) is 0.783. The van der Waals surface area contributed by atoms with Crippen LogP contribution in [0.4, 0.5) is 10.5 Å². The Morgan fingerprint density at radius 1 is 1.21 bits per heavy atom. The molecule has 0 aliphatic carbocycles. The van der Waals surface area contributed by atoms with Crippen LogP contribution in [0, 0.1) is 11.3 Å². The number of ether oxygens (including phenoxy) is 1. The molecule has 3 rings (SSSR count). The summed E-state index contributed by atoms with van der Waals surface area (Å²) in [4.78, 5) is 38.1. The third kappa shape index (κ3) is 4.22. The number of nitrogens with one attached hydrogen (secondary N) is 1. The van der Waals surface area contributed by atoms with Gasteiger partial charge in [0, 0.05) is 0 Å². The van der Waals surface area contributed by atoms with Crippen LogP contribution in [0.3, 0.4) is 0 Å². The van der Waals surface area contributed by atoms with Crippen molar-refractivity contribution in [2.24, 2.45) is 0 Å². The first-order valence-corrected chi connectivity index (χ1v) is 9.02. The van der Waals surface area contributed by atoms with E-state index in [0.717, 1.165) is 16.7 Å². The van der Waals surface area contributed by atoms with E-state index in [9.17, 15) is 14.4 Å². The number of nitrogens with zero attached hydrogens (tertiary/aromatic N) is 2. The van der Waals surface area contributed by atoms with Gasteiger partial charge in [-0.2, -0.15) is 5.26 Å². The molecule has 1 fully saturated rings. The van der Waals surface area contributed by atoms with Crippen LogP contribution in [-0.4, -0.2) is 35.6 Å². The number of methoxy groups -OCH3 is 1. The van der Waals surface area contributed by atoms with Crippen molar-refractivity contribution in [3.05, 3.63) is 64.6 Å². The lowest BCUT2D eigenvalue weighted by Gasteiger charge is -2.14. The Bertz CT molecular complexity index is 1010. The molecular weight excluding hydrogens is 378 g/mol. The van der Waals surface area contributed by atoms with Crippen molar-refractivity contribution in [2.45, 2.75) is 0 Å². The molecule has 140 valence electrons. The third-order valence-corrected chi connectivity index (χ3v) is 4.80. The molecule has 0 spiro atoms. The smallest absolute Gasteiger partial charge is 0.294 e. The number of carbonyl (C=O) groups excluding carboxylic acids is 3. The largest absolute Gasteiger partial charge is 0.495 e. The van der Waals surface area contributed by atoms with Crippen molar-refractivity contribution >= 4 is 40.6 Å². The zero-order valence-electron chi connectivity index (χ0n) is 14.8. The summed E-state index contributed by atoms with van der Waals surface area (Å²) in [6.07, 6.45) is 1.56. The number of rotatable bonds is 5. The van der Waals surface area contributed by atoms with Crippen molar-refractivity contribution in [1.82, 2.24) is 4.90 Å². The highest BCUT2D eigenvalue weighted by Crippen LogP contribution is 2.32. The van der Waals surface area contributed by atoms with Gasteiger partial charge in [0.15, 0.2) is 0 Å². The molecular formula is C20H15N3O4S. The predicted octanol–water partition coefficient (Wildman–Crippen LogP) is 3.24. The van der Waals surface area contributed by atoms with Gasteiger partial charge < -0.3 is 10.1 Å².